The van der Waals surface area contributed by atoms with Crippen molar-refractivity contribution >= 4 is 29.2 Å². The van der Waals surface area contributed by atoms with Gasteiger partial charge in [0.25, 0.3) is 5.91 Å². The quantitative estimate of drug-likeness (QED) is 0.809. The Morgan fingerprint density at radius 3 is 2.57 bits per heavy atom. The number of primary amides is 1. The zero-order valence-corrected chi connectivity index (χ0v) is 13.2. The standard InChI is InChI=1S/C15H15N3O4S/c1-2-9-3-5-10(6-4-9)13-17-11(8-23-13)14(20)22-7-12(19)18-15(16)21/h3-6,8H,2,7H2,1H3,(H3,16,18,19,21). The number of aryl methyl sites for hydroxylation is 1. The van der Waals surface area contributed by atoms with Crippen molar-refractivity contribution < 1.29 is 19.1 Å². The van der Waals surface area contributed by atoms with Crippen LogP contribution in [0.2, 0.25) is 0 Å². The van der Waals surface area contributed by atoms with Gasteiger partial charge in [-0.15, -0.1) is 11.3 Å². The monoisotopic (exact) mass is 333 g/mol. The van der Waals surface area contributed by atoms with Gasteiger partial charge in [-0.25, -0.2) is 14.6 Å². The van der Waals surface area contributed by atoms with Crippen molar-refractivity contribution in [2.24, 2.45) is 5.73 Å². The van der Waals surface area contributed by atoms with Crippen molar-refractivity contribution in [3.63, 3.8) is 0 Å². The molecule has 7 nitrogen and oxygen atoms in total. The number of esters is 1. The van der Waals surface area contributed by atoms with Crippen molar-refractivity contribution in [3.8, 4) is 10.6 Å². The van der Waals surface area contributed by atoms with E-state index in [4.69, 9.17) is 10.5 Å². The van der Waals surface area contributed by atoms with Crippen LogP contribution in [-0.2, 0) is 16.0 Å². The van der Waals surface area contributed by atoms with E-state index >= 15 is 0 Å². The number of nitrogens with two attached hydrogens (primary N) is 1. The van der Waals surface area contributed by atoms with Crippen LogP contribution in [-0.4, -0.2) is 29.5 Å². The molecule has 0 aliphatic carbocycles. The molecule has 8 heteroatoms. The molecule has 0 saturated heterocycles. The van der Waals surface area contributed by atoms with Crippen LogP contribution in [0.4, 0.5) is 4.79 Å². The second-order valence-corrected chi connectivity index (χ2v) is 5.44. The Morgan fingerprint density at radius 1 is 1.26 bits per heavy atom. The van der Waals surface area contributed by atoms with E-state index in [0.717, 1.165) is 12.0 Å². The molecule has 1 heterocycles. The Hall–Kier alpha value is -2.74. The van der Waals surface area contributed by atoms with Crippen molar-refractivity contribution in [2.75, 3.05) is 6.61 Å². The first kappa shape index (κ1) is 16.6. The fraction of sp³-hybridized carbons (Fsp3) is 0.200. The maximum absolute atomic E-state index is 11.8. The molecule has 0 aliphatic rings. The molecule has 2 aromatic rings. The molecule has 120 valence electrons. The van der Waals surface area contributed by atoms with Gasteiger partial charge in [0, 0.05) is 10.9 Å². The molecule has 0 saturated carbocycles. The Labute approximate surface area is 136 Å². The topological polar surface area (TPSA) is 111 Å². The Morgan fingerprint density at radius 2 is 1.96 bits per heavy atom. The zero-order valence-electron chi connectivity index (χ0n) is 12.4. The molecule has 1 aromatic carbocycles. The number of nitrogens with one attached hydrogen (secondary N) is 1. The van der Waals surface area contributed by atoms with Crippen molar-refractivity contribution in [3.05, 3.63) is 40.9 Å². The summed E-state index contributed by atoms with van der Waals surface area (Å²) in [4.78, 5) is 37.6. The number of benzene rings is 1. The van der Waals surface area contributed by atoms with E-state index in [1.54, 1.807) is 10.7 Å². The van der Waals surface area contributed by atoms with Gasteiger partial charge in [-0.05, 0) is 12.0 Å². The maximum atomic E-state index is 11.8. The molecule has 0 radical (unpaired) electrons. The van der Waals surface area contributed by atoms with Gasteiger partial charge in [0.15, 0.2) is 12.3 Å². The van der Waals surface area contributed by atoms with Crippen LogP contribution in [0, 0.1) is 0 Å². The minimum Gasteiger partial charge on any atom is -0.451 e. The van der Waals surface area contributed by atoms with Crippen LogP contribution in [0.15, 0.2) is 29.6 Å². The number of ether oxygens (including phenoxy) is 1. The molecule has 1 aromatic heterocycles. The summed E-state index contributed by atoms with van der Waals surface area (Å²) in [6, 6.07) is 6.88. The number of thiazole rings is 1. The highest BCUT2D eigenvalue weighted by Crippen LogP contribution is 2.24. The van der Waals surface area contributed by atoms with Crippen molar-refractivity contribution in [1.29, 1.82) is 0 Å². The summed E-state index contributed by atoms with van der Waals surface area (Å²) in [5.41, 5.74) is 7.00. The number of carbonyl (C=O) groups is 3. The van der Waals surface area contributed by atoms with Crippen LogP contribution in [0.25, 0.3) is 10.6 Å². The number of amides is 3. The molecular formula is C15H15N3O4S. The summed E-state index contributed by atoms with van der Waals surface area (Å²) >= 11 is 1.30. The molecule has 0 aliphatic heterocycles. The fourth-order valence-electron chi connectivity index (χ4n) is 1.76. The molecule has 0 unspecified atom stereocenters. The number of nitrogens with zero attached hydrogens (tertiary/aromatic N) is 1. The summed E-state index contributed by atoms with van der Waals surface area (Å²) in [6.07, 6.45) is 0.948. The number of rotatable bonds is 5. The number of hydrogen-bond donors (Lipinski definition) is 2. The summed E-state index contributed by atoms with van der Waals surface area (Å²) in [6.45, 7) is 1.47. The second kappa shape index (κ2) is 7.50. The predicted octanol–water partition coefficient (Wildman–Crippen LogP) is 1.72. The normalized spacial score (nSPS) is 10.1. The first-order chi connectivity index (χ1) is 11.0. The number of hydrogen-bond acceptors (Lipinski definition) is 6. The van der Waals surface area contributed by atoms with Crippen molar-refractivity contribution in [2.45, 2.75) is 13.3 Å². The van der Waals surface area contributed by atoms with Gasteiger partial charge in [-0.2, -0.15) is 0 Å². The largest absolute Gasteiger partial charge is 0.451 e. The summed E-state index contributed by atoms with van der Waals surface area (Å²) in [5.74, 6) is -1.53. The van der Waals surface area contributed by atoms with Crippen LogP contribution < -0.4 is 11.1 Å². The molecule has 23 heavy (non-hydrogen) atoms. The average molecular weight is 333 g/mol. The molecule has 3 N–H and O–H groups in total. The summed E-state index contributed by atoms with van der Waals surface area (Å²) < 4.78 is 4.76. The first-order valence-corrected chi connectivity index (χ1v) is 7.68. The van der Waals surface area contributed by atoms with E-state index in [1.165, 1.54) is 16.9 Å². The molecule has 0 atom stereocenters. The van der Waals surface area contributed by atoms with Crippen molar-refractivity contribution in [1.82, 2.24) is 10.3 Å². The average Bonchev–Trinajstić information content (AvgIpc) is 3.02. The molecular weight excluding hydrogens is 318 g/mol. The van der Waals surface area contributed by atoms with Gasteiger partial charge in [0.2, 0.25) is 0 Å². The predicted molar refractivity (Wildman–Crippen MR) is 84.9 cm³/mol. The molecule has 0 fully saturated rings. The Bertz CT molecular complexity index is 725. The van der Waals surface area contributed by atoms with Gasteiger partial charge in [-0.3, -0.25) is 10.1 Å². The fourth-order valence-corrected chi connectivity index (χ4v) is 2.56. The highest BCUT2D eigenvalue weighted by atomic mass is 32.1. The lowest BCUT2D eigenvalue weighted by atomic mass is 10.1. The van der Waals surface area contributed by atoms with Crippen LogP contribution in [0.3, 0.4) is 0 Å². The number of urea groups is 1. The lowest BCUT2D eigenvalue weighted by Gasteiger charge is -2.02. The molecule has 0 spiro atoms. The van der Waals surface area contributed by atoms with Gasteiger partial charge in [0.05, 0.1) is 0 Å². The molecule has 3 amide bonds. The first-order valence-electron chi connectivity index (χ1n) is 6.81. The number of aromatic nitrogens is 1. The lowest BCUT2D eigenvalue weighted by molar-refractivity contribution is -0.123. The molecule has 0 bridgehead atoms. The van der Waals surface area contributed by atoms with E-state index in [9.17, 15) is 14.4 Å². The second-order valence-electron chi connectivity index (χ2n) is 4.58. The number of carbonyl (C=O) groups excluding carboxylic acids is 3. The third-order valence-electron chi connectivity index (χ3n) is 2.92. The molecule has 2 rings (SSSR count). The smallest absolute Gasteiger partial charge is 0.358 e. The lowest BCUT2D eigenvalue weighted by Crippen LogP contribution is -2.37. The minimum absolute atomic E-state index is 0.108. The van der Waals surface area contributed by atoms with E-state index in [2.05, 4.69) is 11.9 Å². The SMILES string of the molecule is CCc1ccc(-c2nc(C(=O)OCC(=O)NC(N)=O)cs2)cc1. The number of imide groups is 1. The van der Waals surface area contributed by atoms with Gasteiger partial charge in [0.1, 0.15) is 5.01 Å². The maximum Gasteiger partial charge on any atom is 0.358 e. The van der Waals surface area contributed by atoms with Crippen LogP contribution in [0.1, 0.15) is 23.0 Å². The third kappa shape index (κ3) is 4.62. The highest BCUT2D eigenvalue weighted by Gasteiger charge is 2.15. The summed E-state index contributed by atoms with van der Waals surface area (Å²) in [5, 5.41) is 4.03. The van der Waals surface area contributed by atoms with Gasteiger partial charge >= 0.3 is 12.0 Å². The van der Waals surface area contributed by atoms with Crippen LogP contribution >= 0.6 is 11.3 Å². The summed E-state index contributed by atoms with van der Waals surface area (Å²) in [7, 11) is 0. The third-order valence-corrected chi connectivity index (χ3v) is 3.81. The highest BCUT2D eigenvalue weighted by molar-refractivity contribution is 7.13. The van der Waals surface area contributed by atoms with E-state index in [-0.39, 0.29) is 5.69 Å². The van der Waals surface area contributed by atoms with E-state index in [0.29, 0.717) is 5.01 Å². The van der Waals surface area contributed by atoms with Gasteiger partial charge in [-0.1, -0.05) is 31.2 Å². The van der Waals surface area contributed by atoms with E-state index < -0.39 is 24.5 Å². The zero-order chi connectivity index (χ0) is 16.8. The van der Waals surface area contributed by atoms with Gasteiger partial charge < -0.3 is 10.5 Å². The minimum atomic E-state index is -1.00. The van der Waals surface area contributed by atoms with E-state index in [1.807, 2.05) is 24.3 Å². The van der Waals surface area contributed by atoms with Crippen LogP contribution in [0.5, 0.6) is 0 Å². The Balaban J connectivity index is 1.99. The Kier molecular flexibility index (Phi) is 5.42.